The summed E-state index contributed by atoms with van der Waals surface area (Å²) in [6, 6.07) is 6.78. The monoisotopic (exact) mass is 363 g/mol. The maximum Gasteiger partial charge on any atom is 0.234 e. The molecule has 0 saturated carbocycles. The number of rotatable bonds is 6. The maximum absolute atomic E-state index is 12.2. The van der Waals surface area contributed by atoms with E-state index in [9.17, 15) is 4.79 Å². The van der Waals surface area contributed by atoms with Crippen molar-refractivity contribution < 1.29 is 4.79 Å². The predicted molar refractivity (Wildman–Crippen MR) is 95.3 cm³/mol. The first-order valence-corrected chi connectivity index (χ1v) is 8.88. The van der Waals surface area contributed by atoms with Crippen LogP contribution in [0.4, 0.5) is 5.69 Å². The largest absolute Gasteiger partial charge is 0.324 e. The smallest absolute Gasteiger partial charge is 0.234 e. The van der Waals surface area contributed by atoms with Gasteiger partial charge < -0.3 is 9.88 Å². The number of halogens is 1. The average Bonchev–Trinajstić information content (AvgIpc) is 2.96. The summed E-state index contributed by atoms with van der Waals surface area (Å²) in [6.07, 6.45) is 0. The lowest BCUT2D eigenvalue weighted by atomic mass is 10.2. The van der Waals surface area contributed by atoms with E-state index < -0.39 is 0 Å². The van der Waals surface area contributed by atoms with Crippen molar-refractivity contribution in [1.82, 2.24) is 14.8 Å². The molecule has 0 unspecified atom stereocenters. The standard InChI is InChI=1S/C16H18ClN5OS/c1-4-22-15(10(2)3)20-21-16(22)24-9-14(23)19-13-7-12(17)6-5-11(13)8-18/h5-7,10H,4,9H2,1-3H3,(H,19,23). The number of anilines is 1. The van der Waals surface area contributed by atoms with Crippen molar-refractivity contribution in [1.29, 1.82) is 5.26 Å². The van der Waals surface area contributed by atoms with Crippen LogP contribution in [0.25, 0.3) is 0 Å². The molecule has 1 aromatic heterocycles. The number of hydrogen-bond donors (Lipinski definition) is 1. The van der Waals surface area contributed by atoms with Gasteiger partial charge in [-0.25, -0.2) is 0 Å². The minimum atomic E-state index is -0.226. The molecule has 24 heavy (non-hydrogen) atoms. The van der Waals surface area contributed by atoms with E-state index in [1.807, 2.05) is 17.6 Å². The second-order valence-corrected chi connectivity index (χ2v) is 6.76. The van der Waals surface area contributed by atoms with Gasteiger partial charge in [-0.15, -0.1) is 10.2 Å². The van der Waals surface area contributed by atoms with Gasteiger partial charge in [-0.05, 0) is 25.1 Å². The average molecular weight is 364 g/mol. The van der Waals surface area contributed by atoms with Crippen molar-refractivity contribution in [3.05, 3.63) is 34.6 Å². The molecular weight excluding hydrogens is 346 g/mol. The Kier molecular flexibility index (Phi) is 6.23. The van der Waals surface area contributed by atoms with Crippen LogP contribution in [0.5, 0.6) is 0 Å². The predicted octanol–water partition coefficient (Wildman–Crippen LogP) is 3.68. The number of thioether (sulfide) groups is 1. The van der Waals surface area contributed by atoms with Crippen molar-refractivity contribution in [3.63, 3.8) is 0 Å². The Morgan fingerprint density at radius 3 is 2.83 bits per heavy atom. The van der Waals surface area contributed by atoms with E-state index in [2.05, 4.69) is 29.4 Å². The van der Waals surface area contributed by atoms with Gasteiger partial charge in [-0.1, -0.05) is 37.2 Å². The number of carbonyl (C=O) groups is 1. The van der Waals surface area contributed by atoms with Crippen LogP contribution in [0.2, 0.25) is 5.02 Å². The molecule has 1 amide bonds. The number of benzene rings is 1. The molecule has 0 fully saturated rings. The Hall–Kier alpha value is -2.04. The molecule has 0 radical (unpaired) electrons. The van der Waals surface area contributed by atoms with Crippen LogP contribution in [-0.2, 0) is 11.3 Å². The van der Waals surface area contributed by atoms with Crippen LogP contribution in [0.1, 0.15) is 38.1 Å². The number of carbonyl (C=O) groups excluding carboxylic acids is 1. The molecule has 2 aromatic rings. The third-order valence-corrected chi connectivity index (χ3v) is 4.49. The van der Waals surface area contributed by atoms with Gasteiger partial charge in [0.25, 0.3) is 0 Å². The van der Waals surface area contributed by atoms with E-state index in [1.165, 1.54) is 11.8 Å². The second-order valence-electron chi connectivity index (χ2n) is 5.38. The lowest BCUT2D eigenvalue weighted by molar-refractivity contribution is -0.113. The second kappa shape index (κ2) is 8.18. The van der Waals surface area contributed by atoms with Crippen LogP contribution in [-0.4, -0.2) is 26.4 Å². The Bertz CT molecular complexity index is 781. The van der Waals surface area contributed by atoms with Crippen molar-refractivity contribution in [2.24, 2.45) is 0 Å². The molecule has 0 bridgehead atoms. The van der Waals surface area contributed by atoms with Gasteiger partial charge in [0.05, 0.1) is 17.0 Å². The molecule has 0 saturated heterocycles. The highest BCUT2D eigenvalue weighted by atomic mass is 35.5. The number of nitrogens with one attached hydrogen (secondary N) is 1. The third kappa shape index (κ3) is 4.28. The first-order chi connectivity index (χ1) is 11.5. The molecule has 0 atom stereocenters. The first-order valence-electron chi connectivity index (χ1n) is 7.51. The third-order valence-electron chi connectivity index (χ3n) is 3.29. The van der Waals surface area contributed by atoms with Crippen LogP contribution in [0.15, 0.2) is 23.4 Å². The summed E-state index contributed by atoms with van der Waals surface area (Å²) in [4.78, 5) is 12.2. The SMILES string of the molecule is CCn1c(SCC(=O)Nc2cc(Cl)ccc2C#N)nnc1C(C)C. The molecule has 0 aliphatic rings. The molecule has 8 heteroatoms. The van der Waals surface area contributed by atoms with E-state index in [4.69, 9.17) is 16.9 Å². The van der Waals surface area contributed by atoms with E-state index in [0.29, 0.717) is 21.4 Å². The lowest BCUT2D eigenvalue weighted by Gasteiger charge is -2.10. The Morgan fingerprint density at radius 2 is 2.21 bits per heavy atom. The fourth-order valence-corrected chi connectivity index (χ4v) is 3.15. The van der Waals surface area contributed by atoms with Gasteiger partial charge in [0.15, 0.2) is 5.16 Å². The summed E-state index contributed by atoms with van der Waals surface area (Å²) in [5, 5.41) is 21.3. The summed E-state index contributed by atoms with van der Waals surface area (Å²) in [6.45, 7) is 6.88. The van der Waals surface area contributed by atoms with Gasteiger partial charge in [-0.2, -0.15) is 5.26 Å². The van der Waals surface area contributed by atoms with Crippen LogP contribution in [0, 0.1) is 11.3 Å². The van der Waals surface area contributed by atoms with Crippen molar-refractivity contribution >= 4 is 35.0 Å². The van der Waals surface area contributed by atoms with Gasteiger partial charge in [0.1, 0.15) is 11.9 Å². The minimum absolute atomic E-state index is 0.174. The topological polar surface area (TPSA) is 83.6 Å². The van der Waals surface area contributed by atoms with Crippen molar-refractivity contribution in [3.8, 4) is 6.07 Å². The number of hydrogen-bond acceptors (Lipinski definition) is 5. The zero-order valence-electron chi connectivity index (χ0n) is 13.7. The highest BCUT2D eigenvalue weighted by Crippen LogP contribution is 2.23. The van der Waals surface area contributed by atoms with Crippen molar-refractivity contribution in [2.75, 3.05) is 11.1 Å². The number of nitriles is 1. The van der Waals surface area contributed by atoms with Crippen molar-refractivity contribution in [2.45, 2.75) is 38.4 Å². The zero-order valence-corrected chi connectivity index (χ0v) is 15.3. The maximum atomic E-state index is 12.2. The molecule has 0 spiro atoms. The number of amides is 1. The van der Waals surface area contributed by atoms with Crippen LogP contribution >= 0.6 is 23.4 Å². The summed E-state index contributed by atoms with van der Waals surface area (Å²) in [5.74, 6) is 1.12. The van der Waals surface area contributed by atoms with E-state index in [0.717, 1.165) is 12.4 Å². The fraction of sp³-hybridized carbons (Fsp3) is 0.375. The van der Waals surface area contributed by atoms with Gasteiger partial charge >= 0.3 is 0 Å². The lowest BCUT2D eigenvalue weighted by Crippen LogP contribution is -2.15. The van der Waals surface area contributed by atoms with E-state index >= 15 is 0 Å². The number of aromatic nitrogens is 3. The molecular formula is C16H18ClN5OS. The molecule has 6 nitrogen and oxygen atoms in total. The molecule has 0 aliphatic heterocycles. The number of nitrogens with zero attached hydrogens (tertiary/aromatic N) is 4. The molecule has 1 N–H and O–H groups in total. The molecule has 1 aromatic carbocycles. The summed E-state index contributed by atoms with van der Waals surface area (Å²) < 4.78 is 2.00. The van der Waals surface area contributed by atoms with Crippen LogP contribution < -0.4 is 5.32 Å². The van der Waals surface area contributed by atoms with Gasteiger partial charge in [0.2, 0.25) is 5.91 Å². The Balaban J connectivity index is 2.05. The molecule has 126 valence electrons. The molecule has 0 aliphatic carbocycles. The summed E-state index contributed by atoms with van der Waals surface area (Å²) in [7, 11) is 0. The molecule has 2 rings (SSSR count). The van der Waals surface area contributed by atoms with E-state index in [-0.39, 0.29) is 17.6 Å². The Labute approximate surface area is 150 Å². The first kappa shape index (κ1) is 18.3. The highest BCUT2D eigenvalue weighted by molar-refractivity contribution is 7.99. The van der Waals surface area contributed by atoms with Crippen LogP contribution in [0.3, 0.4) is 0 Å². The van der Waals surface area contributed by atoms with Gasteiger partial charge in [-0.3, -0.25) is 4.79 Å². The van der Waals surface area contributed by atoms with Gasteiger partial charge in [0, 0.05) is 17.5 Å². The highest BCUT2D eigenvalue weighted by Gasteiger charge is 2.15. The summed E-state index contributed by atoms with van der Waals surface area (Å²) >= 11 is 7.23. The molecule has 1 heterocycles. The summed E-state index contributed by atoms with van der Waals surface area (Å²) in [5.41, 5.74) is 0.784. The minimum Gasteiger partial charge on any atom is -0.324 e. The Morgan fingerprint density at radius 1 is 1.46 bits per heavy atom. The quantitative estimate of drug-likeness (QED) is 0.791. The zero-order chi connectivity index (χ0) is 17.7. The fourth-order valence-electron chi connectivity index (χ4n) is 2.16. The normalized spacial score (nSPS) is 10.7. The van der Waals surface area contributed by atoms with E-state index in [1.54, 1.807) is 18.2 Å².